The van der Waals surface area contributed by atoms with Gasteiger partial charge < -0.3 is 9.84 Å². The quantitative estimate of drug-likeness (QED) is 0.525. The Labute approximate surface area is 181 Å². The van der Waals surface area contributed by atoms with Crippen molar-refractivity contribution in [3.05, 3.63) is 78.6 Å². The van der Waals surface area contributed by atoms with Crippen LogP contribution in [0, 0.1) is 5.92 Å². The molecule has 2 aromatic carbocycles. The normalized spacial score (nSPS) is 12.5. The fourth-order valence-electron chi connectivity index (χ4n) is 2.92. The fraction of sp³-hybridized carbons (Fsp3) is 0.217. The van der Waals surface area contributed by atoms with Gasteiger partial charge in [-0.3, -0.25) is 9.78 Å². The predicted molar refractivity (Wildman–Crippen MR) is 117 cm³/mol. The average molecular weight is 441 g/mol. The van der Waals surface area contributed by atoms with Crippen molar-refractivity contribution in [2.24, 2.45) is 5.92 Å². The molecular weight excluding hydrogens is 416 g/mol. The van der Waals surface area contributed by atoms with Crippen molar-refractivity contribution in [2.75, 3.05) is 0 Å². The number of ether oxygens (including phenoxy) is 1. The summed E-state index contributed by atoms with van der Waals surface area (Å²) in [6, 6.07) is 16.4. The molecule has 3 rings (SSSR count). The number of carboxylic acids is 1. The first-order chi connectivity index (χ1) is 14.8. The van der Waals surface area contributed by atoms with E-state index in [-0.39, 0.29) is 10.8 Å². The maximum absolute atomic E-state index is 12.5. The highest BCUT2D eigenvalue weighted by atomic mass is 32.2. The second-order valence-corrected chi connectivity index (χ2v) is 9.09. The van der Waals surface area contributed by atoms with E-state index in [1.54, 1.807) is 38.4 Å². The number of hydrogen-bond acceptors (Lipinski definition) is 5. The van der Waals surface area contributed by atoms with Gasteiger partial charge in [0, 0.05) is 12.4 Å². The fourth-order valence-corrected chi connectivity index (χ4v) is 4.26. The van der Waals surface area contributed by atoms with E-state index in [0.29, 0.717) is 6.61 Å². The second kappa shape index (κ2) is 9.72. The maximum Gasteiger partial charge on any atom is 0.322 e. The van der Waals surface area contributed by atoms with Crippen LogP contribution in [0.3, 0.4) is 0 Å². The minimum Gasteiger partial charge on any atom is -0.489 e. The highest BCUT2D eigenvalue weighted by Crippen LogP contribution is 2.24. The Hall–Kier alpha value is -3.23. The van der Waals surface area contributed by atoms with Crippen molar-refractivity contribution < 1.29 is 23.1 Å². The summed E-state index contributed by atoms with van der Waals surface area (Å²) in [5.74, 6) is -0.871. The molecule has 31 heavy (non-hydrogen) atoms. The van der Waals surface area contributed by atoms with Gasteiger partial charge in [0.1, 0.15) is 18.4 Å². The van der Waals surface area contributed by atoms with E-state index in [1.165, 1.54) is 12.1 Å². The Balaban J connectivity index is 1.68. The number of carboxylic acid groups (broad SMARTS) is 1. The van der Waals surface area contributed by atoms with Gasteiger partial charge in [0.15, 0.2) is 0 Å². The number of aliphatic carboxylic acids is 1. The van der Waals surface area contributed by atoms with E-state index in [1.807, 2.05) is 36.4 Å². The van der Waals surface area contributed by atoms with Crippen LogP contribution >= 0.6 is 0 Å². The number of hydrogen-bond donors (Lipinski definition) is 2. The Kier molecular flexibility index (Phi) is 7.04. The molecule has 0 unspecified atom stereocenters. The van der Waals surface area contributed by atoms with Gasteiger partial charge in [0.05, 0.1) is 4.90 Å². The number of pyridine rings is 1. The first-order valence-corrected chi connectivity index (χ1v) is 11.2. The first-order valence-electron chi connectivity index (χ1n) is 9.73. The summed E-state index contributed by atoms with van der Waals surface area (Å²) in [6.07, 6.45) is 3.43. The van der Waals surface area contributed by atoms with Gasteiger partial charge in [0.2, 0.25) is 10.0 Å². The van der Waals surface area contributed by atoms with Crippen LogP contribution in [-0.2, 0) is 21.4 Å². The van der Waals surface area contributed by atoms with E-state index in [9.17, 15) is 18.3 Å². The average Bonchev–Trinajstić information content (AvgIpc) is 2.77. The molecule has 0 radical (unpaired) electrons. The van der Waals surface area contributed by atoms with Gasteiger partial charge in [0.25, 0.3) is 0 Å². The molecule has 0 amide bonds. The van der Waals surface area contributed by atoms with Crippen molar-refractivity contribution in [1.82, 2.24) is 9.71 Å². The van der Waals surface area contributed by atoms with Crippen molar-refractivity contribution in [3.63, 3.8) is 0 Å². The van der Waals surface area contributed by atoms with E-state index >= 15 is 0 Å². The van der Waals surface area contributed by atoms with Crippen LogP contribution in [-0.4, -0.2) is 30.5 Å². The van der Waals surface area contributed by atoms with Crippen molar-refractivity contribution in [2.45, 2.75) is 31.4 Å². The number of nitrogens with one attached hydrogen (secondary N) is 1. The van der Waals surface area contributed by atoms with Crippen molar-refractivity contribution >= 4 is 16.0 Å². The number of carbonyl (C=O) groups is 1. The van der Waals surface area contributed by atoms with E-state index in [0.717, 1.165) is 22.4 Å². The molecule has 7 nitrogen and oxygen atoms in total. The summed E-state index contributed by atoms with van der Waals surface area (Å²) in [5.41, 5.74) is 2.75. The van der Waals surface area contributed by atoms with Crippen LogP contribution in [0.25, 0.3) is 11.1 Å². The van der Waals surface area contributed by atoms with Gasteiger partial charge in [-0.25, -0.2) is 8.42 Å². The highest BCUT2D eigenvalue weighted by molar-refractivity contribution is 7.89. The molecule has 0 aliphatic heterocycles. The third-order valence-electron chi connectivity index (χ3n) is 4.72. The SMILES string of the molecule is CC(C)[C@@H](NS(=O)(=O)c1ccc(-c2ccc(OCc3ccncc3)cc2)cc1)C(=O)O. The van der Waals surface area contributed by atoms with Gasteiger partial charge in [-0.2, -0.15) is 4.72 Å². The molecular formula is C23H24N2O5S. The van der Waals surface area contributed by atoms with Crippen LogP contribution in [0.15, 0.2) is 78.0 Å². The number of benzene rings is 2. The second-order valence-electron chi connectivity index (χ2n) is 7.37. The summed E-state index contributed by atoms with van der Waals surface area (Å²) in [6.45, 7) is 3.73. The molecule has 0 fully saturated rings. The molecule has 1 aromatic heterocycles. The lowest BCUT2D eigenvalue weighted by Gasteiger charge is -2.18. The number of sulfonamides is 1. The van der Waals surface area contributed by atoms with Crippen LogP contribution < -0.4 is 9.46 Å². The van der Waals surface area contributed by atoms with Crippen LogP contribution in [0.5, 0.6) is 5.75 Å². The van der Waals surface area contributed by atoms with Gasteiger partial charge in [-0.05, 0) is 59.0 Å². The first kappa shape index (κ1) is 22.5. The Bertz CT molecular complexity index is 1110. The van der Waals surface area contributed by atoms with Crippen molar-refractivity contribution in [3.8, 4) is 16.9 Å². The summed E-state index contributed by atoms with van der Waals surface area (Å²) in [5, 5.41) is 9.23. The molecule has 0 spiro atoms. The van der Waals surface area contributed by atoms with E-state index in [4.69, 9.17) is 4.74 Å². The standard InChI is InChI=1S/C23H24N2O5S/c1-16(2)22(23(26)27)25-31(28,29)21-9-5-19(6-10-21)18-3-7-20(8-4-18)30-15-17-11-13-24-14-12-17/h3-14,16,22,25H,15H2,1-2H3,(H,26,27)/t22-/m1/s1. The van der Waals surface area contributed by atoms with Gasteiger partial charge in [-0.15, -0.1) is 0 Å². The monoisotopic (exact) mass is 440 g/mol. The van der Waals surface area contributed by atoms with Crippen LogP contribution in [0.1, 0.15) is 19.4 Å². The Morgan fingerprint density at radius 1 is 0.968 bits per heavy atom. The topological polar surface area (TPSA) is 106 Å². The molecule has 1 heterocycles. The Morgan fingerprint density at radius 3 is 2.03 bits per heavy atom. The molecule has 3 aromatic rings. The lowest BCUT2D eigenvalue weighted by Crippen LogP contribution is -2.44. The third kappa shape index (κ3) is 5.90. The third-order valence-corrected chi connectivity index (χ3v) is 6.18. The summed E-state index contributed by atoms with van der Waals surface area (Å²) >= 11 is 0. The van der Waals surface area contributed by atoms with E-state index in [2.05, 4.69) is 9.71 Å². The number of rotatable bonds is 9. The zero-order valence-corrected chi connectivity index (χ0v) is 18.0. The minimum atomic E-state index is -3.94. The lowest BCUT2D eigenvalue weighted by atomic mass is 10.1. The Morgan fingerprint density at radius 2 is 1.52 bits per heavy atom. The molecule has 0 aliphatic rings. The molecule has 8 heteroatoms. The molecule has 1 atom stereocenters. The van der Waals surface area contributed by atoms with E-state index < -0.39 is 22.0 Å². The maximum atomic E-state index is 12.5. The number of nitrogens with zero attached hydrogens (tertiary/aromatic N) is 1. The summed E-state index contributed by atoms with van der Waals surface area (Å²) in [7, 11) is -3.94. The highest BCUT2D eigenvalue weighted by Gasteiger charge is 2.27. The van der Waals surface area contributed by atoms with Crippen molar-refractivity contribution in [1.29, 1.82) is 0 Å². The van der Waals surface area contributed by atoms with Gasteiger partial charge >= 0.3 is 5.97 Å². The molecule has 162 valence electrons. The zero-order chi connectivity index (χ0) is 22.4. The molecule has 2 N–H and O–H groups in total. The molecule has 0 bridgehead atoms. The molecule has 0 aliphatic carbocycles. The molecule has 0 saturated heterocycles. The predicted octanol–water partition coefficient (Wildman–Crippen LogP) is 3.72. The van der Waals surface area contributed by atoms with Crippen LogP contribution in [0.2, 0.25) is 0 Å². The summed E-state index contributed by atoms with van der Waals surface area (Å²) < 4.78 is 33.1. The van der Waals surface area contributed by atoms with Crippen LogP contribution in [0.4, 0.5) is 0 Å². The molecule has 0 saturated carbocycles. The minimum absolute atomic E-state index is 0.0143. The summed E-state index contributed by atoms with van der Waals surface area (Å²) in [4.78, 5) is 15.3. The largest absolute Gasteiger partial charge is 0.489 e. The van der Waals surface area contributed by atoms with Gasteiger partial charge in [-0.1, -0.05) is 38.1 Å². The smallest absolute Gasteiger partial charge is 0.322 e. The number of aromatic nitrogens is 1. The zero-order valence-electron chi connectivity index (χ0n) is 17.2. The lowest BCUT2D eigenvalue weighted by molar-refractivity contribution is -0.140.